The Morgan fingerprint density at radius 3 is 2.67 bits per heavy atom. The van der Waals surface area contributed by atoms with Crippen molar-refractivity contribution < 1.29 is 14.0 Å². The fourth-order valence-corrected chi connectivity index (χ4v) is 3.41. The topological polar surface area (TPSA) is 49.4 Å². The van der Waals surface area contributed by atoms with Gasteiger partial charge < -0.3 is 5.32 Å². The number of hydrogen-bond donors (Lipinski definition) is 1. The van der Waals surface area contributed by atoms with Crippen molar-refractivity contribution in [1.29, 1.82) is 0 Å². The van der Waals surface area contributed by atoms with Crippen LogP contribution in [0.3, 0.4) is 0 Å². The molecule has 0 unspecified atom stereocenters. The lowest BCUT2D eigenvalue weighted by Gasteiger charge is -2.36. The number of rotatable bonds is 2. The summed E-state index contributed by atoms with van der Waals surface area (Å²) in [6.07, 6.45) is 3.72. The third kappa shape index (κ3) is 2.30. The number of urea groups is 1. The fourth-order valence-electron chi connectivity index (χ4n) is 3.41. The van der Waals surface area contributed by atoms with Gasteiger partial charge in [0, 0.05) is 0 Å². The van der Waals surface area contributed by atoms with Gasteiger partial charge in [-0.15, -0.1) is 0 Å². The van der Waals surface area contributed by atoms with Crippen molar-refractivity contribution >= 4 is 11.9 Å². The van der Waals surface area contributed by atoms with Gasteiger partial charge in [-0.05, 0) is 36.5 Å². The molecule has 0 aromatic heterocycles. The van der Waals surface area contributed by atoms with Gasteiger partial charge in [-0.1, -0.05) is 31.9 Å². The second kappa shape index (κ2) is 5.13. The average molecular weight is 290 g/mol. The van der Waals surface area contributed by atoms with Crippen LogP contribution in [0.1, 0.15) is 38.2 Å². The number of carbonyl (C=O) groups is 2. The molecule has 1 N–H and O–H groups in total. The van der Waals surface area contributed by atoms with Crippen LogP contribution in [-0.4, -0.2) is 22.4 Å². The zero-order chi connectivity index (χ0) is 15.0. The van der Waals surface area contributed by atoms with Gasteiger partial charge in [0.25, 0.3) is 5.91 Å². The van der Waals surface area contributed by atoms with Gasteiger partial charge >= 0.3 is 6.03 Å². The number of halogens is 1. The van der Waals surface area contributed by atoms with E-state index in [4.69, 9.17) is 0 Å². The summed E-state index contributed by atoms with van der Waals surface area (Å²) >= 11 is 0. The number of benzene rings is 1. The Labute approximate surface area is 123 Å². The van der Waals surface area contributed by atoms with E-state index in [9.17, 15) is 14.0 Å². The van der Waals surface area contributed by atoms with E-state index in [1.54, 1.807) is 12.1 Å². The third-order valence-corrected chi connectivity index (χ3v) is 4.76. The van der Waals surface area contributed by atoms with Crippen molar-refractivity contribution in [2.24, 2.45) is 5.92 Å². The van der Waals surface area contributed by atoms with Crippen molar-refractivity contribution in [3.8, 4) is 0 Å². The standard InChI is InChI=1S/C16H19FN2O2/c1-11-4-2-3-9-16(11)14(20)19(15(21)18-16)10-12-5-7-13(17)8-6-12/h5-8,11H,2-4,9-10H2,1H3,(H,18,21)/t11-,16-/m0/s1. The highest BCUT2D eigenvalue weighted by Gasteiger charge is 2.54. The molecule has 112 valence electrons. The van der Waals surface area contributed by atoms with Crippen LogP contribution < -0.4 is 5.32 Å². The van der Waals surface area contributed by atoms with Crippen LogP contribution in [0.25, 0.3) is 0 Å². The molecule has 1 heterocycles. The average Bonchev–Trinajstić information content (AvgIpc) is 2.70. The van der Waals surface area contributed by atoms with Crippen LogP contribution in [0.5, 0.6) is 0 Å². The van der Waals surface area contributed by atoms with Crippen molar-refractivity contribution in [2.75, 3.05) is 0 Å². The van der Waals surface area contributed by atoms with Crippen LogP contribution in [0.15, 0.2) is 24.3 Å². The normalized spacial score (nSPS) is 29.0. The molecule has 0 bridgehead atoms. The monoisotopic (exact) mass is 290 g/mol. The molecule has 0 radical (unpaired) electrons. The molecule has 1 aromatic carbocycles. The zero-order valence-corrected chi connectivity index (χ0v) is 12.1. The minimum atomic E-state index is -0.727. The summed E-state index contributed by atoms with van der Waals surface area (Å²) in [5, 5.41) is 2.91. The molecular weight excluding hydrogens is 271 g/mol. The first-order valence-electron chi connectivity index (χ1n) is 7.41. The Balaban J connectivity index is 1.82. The summed E-state index contributed by atoms with van der Waals surface area (Å²) in [7, 11) is 0. The lowest BCUT2D eigenvalue weighted by atomic mass is 9.73. The van der Waals surface area contributed by atoms with Gasteiger partial charge in [-0.2, -0.15) is 0 Å². The van der Waals surface area contributed by atoms with Crippen LogP contribution in [0, 0.1) is 11.7 Å². The van der Waals surface area contributed by atoms with E-state index in [1.807, 2.05) is 6.92 Å². The lowest BCUT2D eigenvalue weighted by molar-refractivity contribution is -0.134. The molecule has 2 fully saturated rings. The molecule has 1 saturated carbocycles. The number of amides is 3. The van der Waals surface area contributed by atoms with Crippen molar-refractivity contribution in [1.82, 2.24) is 10.2 Å². The van der Waals surface area contributed by atoms with Crippen molar-refractivity contribution in [3.05, 3.63) is 35.6 Å². The predicted molar refractivity (Wildman–Crippen MR) is 75.8 cm³/mol. The number of carbonyl (C=O) groups excluding carboxylic acids is 2. The van der Waals surface area contributed by atoms with Crippen LogP contribution in [-0.2, 0) is 11.3 Å². The molecule has 4 nitrogen and oxygen atoms in total. The van der Waals surface area contributed by atoms with E-state index in [-0.39, 0.29) is 30.2 Å². The molecule has 1 aromatic rings. The smallest absolute Gasteiger partial charge is 0.323 e. The first-order valence-corrected chi connectivity index (χ1v) is 7.41. The SMILES string of the molecule is C[C@H]1CCCC[C@]12NC(=O)N(Cc1ccc(F)cc1)C2=O. The van der Waals surface area contributed by atoms with Gasteiger partial charge in [-0.25, -0.2) is 9.18 Å². The minimum Gasteiger partial charge on any atom is -0.323 e. The predicted octanol–water partition coefficient (Wildman–Crippen LogP) is 2.83. The summed E-state index contributed by atoms with van der Waals surface area (Å²) in [5.74, 6) is -0.307. The molecule has 3 rings (SSSR count). The molecule has 1 saturated heterocycles. The van der Waals surface area contributed by atoms with Gasteiger partial charge in [0.1, 0.15) is 11.4 Å². The number of nitrogens with one attached hydrogen (secondary N) is 1. The highest BCUT2D eigenvalue weighted by Crippen LogP contribution is 2.38. The Hall–Kier alpha value is -1.91. The molecular formula is C16H19FN2O2. The summed E-state index contributed by atoms with van der Waals surface area (Å²) in [4.78, 5) is 26.2. The molecule has 2 atom stereocenters. The second-order valence-electron chi connectivity index (χ2n) is 6.07. The molecule has 2 aliphatic rings. The van der Waals surface area contributed by atoms with E-state index in [2.05, 4.69) is 5.32 Å². The van der Waals surface area contributed by atoms with Crippen LogP contribution >= 0.6 is 0 Å². The maximum atomic E-state index is 12.9. The maximum Gasteiger partial charge on any atom is 0.325 e. The van der Waals surface area contributed by atoms with Gasteiger partial charge in [-0.3, -0.25) is 9.69 Å². The molecule has 1 spiro atoms. The summed E-state index contributed by atoms with van der Waals surface area (Å²) in [6, 6.07) is 5.55. The van der Waals surface area contributed by atoms with E-state index >= 15 is 0 Å². The largest absolute Gasteiger partial charge is 0.325 e. The first kappa shape index (κ1) is 14.0. The number of imide groups is 1. The Kier molecular flexibility index (Phi) is 3.43. The third-order valence-electron chi connectivity index (χ3n) is 4.76. The summed E-state index contributed by atoms with van der Waals surface area (Å²) in [6.45, 7) is 2.22. The highest BCUT2D eigenvalue weighted by atomic mass is 19.1. The Morgan fingerprint density at radius 2 is 2.00 bits per heavy atom. The lowest BCUT2D eigenvalue weighted by Crippen LogP contribution is -2.53. The fraction of sp³-hybridized carbons (Fsp3) is 0.500. The van der Waals surface area contributed by atoms with E-state index in [1.165, 1.54) is 17.0 Å². The maximum absolute atomic E-state index is 12.9. The number of nitrogens with zero attached hydrogens (tertiary/aromatic N) is 1. The Bertz CT molecular complexity index is 572. The highest BCUT2D eigenvalue weighted by molar-refractivity contribution is 6.07. The number of hydrogen-bond acceptors (Lipinski definition) is 2. The van der Waals surface area contributed by atoms with Gasteiger partial charge in [0.05, 0.1) is 6.54 Å². The molecule has 5 heteroatoms. The second-order valence-corrected chi connectivity index (χ2v) is 6.07. The van der Waals surface area contributed by atoms with Crippen molar-refractivity contribution in [2.45, 2.75) is 44.7 Å². The molecule has 21 heavy (non-hydrogen) atoms. The van der Waals surface area contributed by atoms with Crippen LogP contribution in [0.4, 0.5) is 9.18 Å². The van der Waals surface area contributed by atoms with Gasteiger partial charge in [0.2, 0.25) is 0 Å². The molecule has 3 amide bonds. The quantitative estimate of drug-likeness (QED) is 0.851. The molecule has 1 aliphatic carbocycles. The van der Waals surface area contributed by atoms with Crippen LogP contribution in [0.2, 0.25) is 0 Å². The van der Waals surface area contributed by atoms with Gasteiger partial charge in [0.15, 0.2) is 0 Å². The van der Waals surface area contributed by atoms with E-state index < -0.39 is 5.54 Å². The minimum absolute atomic E-state index is 0.135. The molecule has 1 aliphatic heterocycles. The summed E-state index contributed by atoms with van der Waals surface area (Å²) in [5.41, 5.74) is 0.0236. The van der Waals surface area contributed by atoms with E-state index in [0.717, 1.165) is 24.8 Å². The first-order chi connectivity index (χ1) is 10.0. The van der Waals surface area contributed by atoms with E-state index in [0.29, 0.717) is 6.42 Å². The van der Waals surface area contributed by atoms with Crippen molar-refractivity contribution in [3.63, 3.8) is 0 Å². The zero-order valence-electron chi connectivity index (χ0n) is 12.1. The summed E-state index contributed by atoms with van der Waals surface area (Å²) < 4.78 is 12.9. The Morgan fingerprint density at radius 1 is 1.29 bits per heavy atom.